The first-order chi connectivity index (χ1) is 10.8. The van der Waals surface area contributed by atoms with Crippen LogP contribution in [0.1, 0.15) is 64.7 Å². The number of piperidine rings is 1. The van der Waals surface area contributed by atoms with Crippen LogP contribution in [0.3, 0.4) is 0 Å². The van der Waals surface area contributed by atoms with Gasteiger partial charge in [0.2, 0.25) is 0 Å². The predicted octanol–water partition coefficient (Wildman–Crippen LogP) is 3.06. The van der Waals surface area contributed by atoms with Crippen LogP contribution in [0.2, 0.25) is 0 Å². The second kappa shape index (κ2) is 10.2. The van der Waals surface area contributed by atoms with E-state index in [9.17, 15) is 4.79 Å². The van der Waals surface area contributed by atoms with Crippen LogP contribution in [0.25, 0.3) is 0 Å². The number of likely N-dealkylation sites (tertiary alicyclic amines) is 2. The second-order valence-corrected chi connectivity index (χ2v) is 6.81. The van der Waals surface area contributed by atoms with Crippen LogP contribution in [-0.4, -0.2) is 61.1 Å². The fourth-order valence-corrected chi connectivity index (χ4v) is 3.83. The van der Waals surface area contributed by atoms with Crippen molar-refractivity contribution in [3.63, 3.8) is 0 Å². The van der Waals surface area contributed by atoms with E-state index < -0.39 is 0 Å². The number of ether oxygens (including phenoxy) is 1. The normalized spacial score (nSPS) is 24.9. The topological polar surface area (TPSA) is 32.8 Å². The van der Waals surface area contributed by atoms with Gasteiger partial charge in [0.1, 0.15) is 0 Å². The monoisotopic (exact) mass is 310 g/mol. The molecule has 2 rings (SSSR count). The van der Waals surface area contributed by atoms with Crippen molar-refractivity contribution in [3.05, 3.63) is 0 Å². The minimum absolute atomic E-state index is 0.0383. The van der Waals surface area contributed by atoms with Gasteiger partial charge in [0.25, 0.3) is 0 Å². The Morgan fingerprint density at radius 3 is 2.55 bits per heavy atom. The van der Waals surface area contributed by atoms with E-state index in [0.29, 0.717) is 13.0 Å². The van der Waals surface area contributed by atoms with E-state index in [-0.39, 0.29) is 5.97 Å². The number of unbranched alkanes of at least 4 members (excludes halogenated alkanes) is 1. The Bertz CT molecular complexity index is 314. The summed E-state index contributed by atoms with van der Waals surface area (Å²) in [7, 11) is 0. The van der Waals surface area contributed by atoms with Gasteiger partial charge in [-0.2, -0.15) is 0 Å². The minimum atomic E-state index is -0.0383. The van der Waals surface area contributed by atoms with E-state index in [1.54, 1.807) is 0 Å². The van der Waals surface area contributed by atoms with Gasteiger partial charge in [-0.05, 0) is 71.6 Å². The molecule has 1 atom stereocenters. The molecule has 0 saturated carbocycles. The maximum atomic E-state index is 11.3. The van der Waals surface area contributed by atoms with Gasteiger partial charge < -0.3 is 9.64 Å². The largest absolute Gasteiger partial charge is 0.466 e. The minimum Gasteiger partial charge on any atom is -0.466 e. The highest BCUT2D eigenvalue weighted by atomic mass is 16.5. The third-order valence-corrected chi connectivity index (χ3v) is 5.05. The molecule has 2 fully saturated rings. The van der Waals surface area contributed by atoms with Crippen LogP contribution in [0, 0.1) is 0 Å². The molecule has 128 valence electrons. The average molecular weight is 310 g/mol. The summed E-state index contributed by atoms with van der Waals surface area (Å²) < 4.78 is 4.98. The summed E-state index contributed by atoms with van der Waals surface area (Å²) in [6, 6.07) is 0.775. The highest BCUT2D eigenvalue weighted by Crippen LogP contribution is 2.20. The number of esters is 1. The van der Waals surface area contributed by atoms with E-state index in [2.05, 4.69) is 9.80 Å². The molecule has 2 heterocycles. The van der Waals surface area contributed by atoms with E-state index in [4.69, 9.17) is 4.74 Å². The number of rotatable bonds is 7. The molecule has 4 heteroatoms. The van der Waals surface area contributed by atoms with E-state index >= 15 is 0 Å². The summed E-state index contributed by atoms with van der Waals surface area (Å²) in [6.07, 6.45) is 11.0. The number of carbonyl (C=O) groups excluding carboxylic acids is 1. The highest BCUT2D eigenvalue weighted by molar-refractivity contribution is 5.69. The smallest absolute Gasteiger partial charge is 0.305 e. The first kappa shape index (κ1) is 17.7. The molecule has 1 unspecified atom stereocenters. The Hall–Kier alpha value is -0.610. The van der Waals surface area contributed by atoms with E-state index in [1.807, 2.05) is 6.92 Å². The zero-order chi connectivity index (χ0) is 15.6. The van der Waals surface area contributed by atoms with Crippen molar-refractivity contribution in [1.29, 1.82) is 0 Å². The van der Waals surface area contributed by atoms with Gasteiger partial charge in [-0.1, -0.05) is 12.8 Å². The summed E-state index contributed by atoms with van der Waals surface area (Å²) in [4.78, 5) is 16.7. The summed E-state index contributed by atoms with van der Waals surface area (Å²) in [6.45, 7) is 8.60. The van der Waals surface area contributed by atoms with Gasteiger partial charge in [0.15, 0.2) is 0 Å². The summed E-state index contributed by atoms with van der Waals surface area (Å²) in [5.74, 6) is -0.0383. The summed E-state index contributed by atoms with van der Waals surface area (Å²) in [5.41, 5.74) is 0. The molecule has 2 saturated heterocycles. The maximum absolute atomic E-state index is 11.3. The molecule has 0 amide bonds. The lowest BCUT2D eigenvalue weighted by molar-refractivity contribution is -0.143. The van der Waals surface area contributed by atoms with Crippen molar-refractivity contribution < 1.29 is 9.53 Å². The Morgan fingerprint density at radius 1 is 1.05 bits per heavy atom. The van der Waals surface area contributed by atoms with Crippen molar-refractivity contribution in [2.75, 3.05) is 39.3 Å². The standard InChI is InChI=1S/C18H34N2O2/c1-2-22-18(21)11-5-8-12-19-13-9-10-17(16-19)20-14-6-3-4-7-15-20/h17H,2-16H2,1H3. The molecular formula is C18H34N2O2. The lowest BCUT2D eigenvalue weighted by Crippen LogP contribution is -2.48. The van der Waals surface area contributed by atoms with Crippen LogP contribution in [0.5, 0.6) is 0 Å². The van der Waals surface area contributed by atoms with Crippen molar-refractivity contribution in [1.82, 2.24) is 9.80 Å². The Kier molecular flexibility index (Phi) is 8.24. The summed E-state index contributed by atoms with van der Waals surface area (Å²) >= 11 is 0. The van der Waals surface area contributed by atoms with Gasteiger partial charge in [-0.3, -0.25) is 9.69 Å². The molecule has 0 spiro atoms. The summed E-state index contributed by atoms with van der Waals surface area (Å²) in [5, 5.41) is 0. The molecule has 0 bridgehead atoms. The zero-order valence-corrected chi connectivity index (χ0v) is 14.4. The maximum Gasteiger partial charge on any atom is 0.305 e. The number of nitrogens with zero attached hydrogens (tertiary/aromatic N) is 2. The third-order valence-electron chi connectivity index (χ3n) is 5.05. The molecule has 2 aliphatic heterocycles. The predicted molar refractivity (Wildman–Crippen MR) is 90.0 cm³/mol. The van der Waals surface area contributed by atoms with Crippen molar-refractivity contribution in [2.24, 2.45) is 0 Å². The average Bonchev–Trinajstić information content (AvgIpc) is 2.81. The van der Waals surface area contributed by atoms with Crippen molar-refractivity contribution in [3.8, 4) is 0 Å². The fraction of sp³-hybridized carbons (Fsp3) is 0.944. The molecule has 0 aromatic carbocycles. The van der Waals surface area contributed by atoms with E-state index in [1.165, 1.54) is 64.7 Å². The molecular weight excluding hydrogens is 276 g/mol. The molecule has 0 aromatic heterocycles. The van der Waals surface area contributed by atoms with Crippen LogP contribution in [-0.2, 0) is 9.53 Å². The van der Waals surface area contributed by atoms with Gasteiger partial charge in [0, 0.05) is 19.0 Å². The molecule has 0 N–H and O–H groups in total. The first-order valence-corrected chi connectivity index (χ1v) is 9.41. The molecule has 22 heavy (non-hydrogen) atoms. The first-order valence-electron chi connectivity index (χ1n) is 9.41. The lowest BCUT2D eigenvalue weighted by atomic mass is 10.0. The van der Waals surface area contributed by atoms with Crippen LogP contribution >= 0.6 is 0 Å². The van der Waals surface area contributed by atoms with Crippen LogP contribution in [0.15, 0.2) is 0 Å². The van der Waals surface area contributed by atoms with Gasteiger partial charge in [0.05, 0.1) is 6.61 Å². The van der Waals surface area contributed by atoms with Gasteiger partial charge >= 0.3 is 5.97 Å². The van der Waals surface area contributed by atoms with Crippen LogP contribution < -0.4 is 0 Å². The number of carbonyl (C=O) groups is 1. The molecule has 4 nitrogen and oxygen atoms in total. The Labute approximate surface area is 136 Å². The molecule has 0 radical (unpaired) electrons. The highest BCUT2D eigenvalue weighted by Gasteiger charge is 2.25. The van der Waals surface area contributed by atoms with Gasteiger partial charge in [-0.15, -0.1) is 0 Å². The molecule has 0 aromatic rings. The zero-order valence-electron chi connectivity index (χ0n) is 14.4. The quantitative estimate of drug-likeness (QED) is 0.534. The van der Waals surface area contributed by atoms with E-state index in [0.717, 1.165) is 25.4 Å². The van der Waals surface area contributed by atoms with Crippen molar-refractivity contribution in [2.45, 2.75) is 70.8 Å². The second-order valence-electron chi connectivity index (χ2n) is 6.81. The molecule has 0 aliphatic carbocycles. The number of hydrogen-bond acceptors (Lipinski definition) is 4. The Morgan fingerprint density at radius 2 is 1.82 bits per heavy atom. The molecule has 2 aliphatic rings. The fourth-order valence-electron chi connectivity index (χ4n) is 3.83. The lowest BCUT2D eigenvalue weighted by Gasteiger charge is -2.39. The SMILES string of the molecule is CCOC(=O)CCCCN1CCCC(N2CCCCCC2)C1. The number of hydrogen-bond donors (Lipinski definition) is 0. The van der Waals surface area contributed by atoms with Crippen molar-refractivity contribution >= 4 is 5.97 Å². The van der Waals surface area contributed by atoms with Gasteiger partial charge in [-0.25, -0.2) is 0 Å². The third kappa shape index (κ3) is 6.25. The Balaban J connectivity index is 1.63. The van der Waals surface area contributed by atoms with Crippen LogP contribution in [0.4, 0.5) is 0 Å².